The zero-order valence-corrected chi connectivity index (χ0v) is 9.82. The van der Waals surface area contributed by atoms with Gasteiger partial charge in [0.2, 0.25) is 0 Å². The summed E-state index contributed by atoms with van der Waals surface area (Å²) in [6.07, 6.45) is 4.64. The Morgan fingerprint density at radius 2 is 1.85 bits per heavy atom. The summed E-state index contributed by atoms with van der Waals surface area (Å²) < 4.78 is 23.2. The Hall–Kier alpha value is -0.0500. The van der Waals surface area contributed by atoms with Crippen LogP contribution >= 0.6 is 0 Å². The lowest BCUT2D eigenvalue weighted by atomic mass is 9.72. The Bertz CT molecular complexity index is 277. The highest BCUT2D eigenvalue weighted by atomic mass is 32.2. The van der Waals surface area contributed by atoms with Crippen LogP contribution in [0.1, 0.15) is 40.0 Å². The van der Waals surface area contributed by atoms with Crippen LogP contribution in [0, 0.1) is 11.3 Å². The first-order valence-corrected chi connectivity index (χ1v) is 6.89. The molecule has 2 unspecified atom stereocenters. The molecular formula is C10H20O2S. The minimum Gasteiger partial charge on any atom is -0.229 e. The number of hydrogen-bond acceptors (Lipinski definition) is 2. The van der Waals surface area contributed by atoms with Crippen LogP contribution < -0.4 is 0 Å². The molecule has 0 spiro atoms. The summed E-state index contributed by atoms with van der Waals surface area (Å²) in [6.45, 7) is 6.22. The van der Waals surface area contributed by atoms with E-state index in [1.54, 1.807) is 0 Å². The van der Waals surface area contributed by atoms with E-state index < -0.39 is 9.84 Å². The van der Waals surface area contributed by atoms with Gasteiger partial charge in [-0.3, -0.25) is 0 Å². The Kier molecular flexibility index (Phi) is 2.77. The largest absolute Gasteiger partial charge is 0.229 e. The van der Waals surface area contributed by atoms with Crippen molar-refractivity contribution in [2.45, 2.75) is 45.3 Å². The molecule has 1 fully saturated rings. The van der Waals surface area contributed by atoms with E-state index >= 15 is 0 Å². The summed E-state index contributed by atoms with van der Waals surface area (Å²) in [5.41, 5.74) is -0.0365. The summed E-state index contributed by atoms with van der Waals surface area (Å²) in [5.74, 6) is 0.318. The molecule has 2 nitrogen and oxygen atoms in total. The highest BCUT2D eigenvalue weighted by molar-refractivity contribution is 7.91. The van der Waals surface area contributed by atoms with Crippen molar-refractivity contribution in [3.05, 3.63) is 0 Å². The third-order valence-corrected chi connectivity index (χ3v) is 5.25. The molecule has 3 heteroatoms. The van der Waals surface area contributed by atoms with Crippen LogP contribution in [0.2, 0.25) is 0 Å². The fraction of sp³-hybridized carbons (Fsp3) is 1.00. The second-order valence-corrected chi connectivity index (χ2v) is 7.28. The summed E-state index contributed by atoms with van der Waals surface area (Å²) in [4.78, 5) is 0. The second kappa shape index (κ2) is 3.26. The quantitative estimate of drug-likeness (QED) is 0.656. The lowest BCUT2D eigenvalue weighted by Gasteiger charge is -2.41. The standard InChI is InChI=1S/C10H20O2S/c1-8-6-5-7-10(2,3)9(8)13(4,11)12/h8-9H,5-7H2,1-4H3. The monoisotopic (exact) mass is 204 g/mol. The molecule has 0 radical (unpaired) electrons. The van der Waals surface area contributed by atoms with Crippen LogP contribution in [0.4, 0.5) is 0 Å². The molecule has 78 valence electrons. The Morgan fingerprint density at radius 3 is 2.15 bits per heavy atom. The van der Waals surface area contributed by atoms with Crippen molar-refractivity contribution in [1.29, 1.82) is 0 Å². The SMILES string of the molecule is CC1CCCC(C)(C)C1S(C)(=O)=O. The summed E-state index contributed by atoms with van der Waals surface area (Å²) in [5, 5.41) is -0.145. The van der Waals surface area contributed by atoms with Crippen molar-refractivity contribution < 1.29 is 8.42 Å². The van der Waals surface area contributed by atoms with Crippen molar-refractivity contribution in [1.82, 2.24) is 0 Å². The van der Waals surface area contributed by atoms with Crippen LogP contribution in [0.25, 0.3) is 0 Å². The van der Waals surface area contributed by atoms with Gasteiger partial charge in [0.25, 0.3) is 0 Å². The fourth-order valence-electron chi connectivity index (χ4n) is 2.95. The maximum Gasteiger partial charge on any atom is 0.151 e. The molecule has 0 saturated heterocycles. The number of sulfone groups is 1. The van der Waals surface area contributed by atoms with Gasteiger partial charge in [0, 0.05) is 6.26 Å². The van der Waals surface area contributed by atoms with E-state index in [1.807, 2.05) is 0 Å². The molecule has 2 atom stereocenters. The van der Waals surface area contributed by atoms with E-state index in [-0.39, 0.29) is 10.7 Å². The summed E-state index contributed by atoms with van der Waals surface area (Å²) in [7, 11) is -2.88. The minimum absolute atomic E-state index is 0.0365. The Balaban J connectivity index is 3.01. The number of hydrogen-bond donors (Lipinski definition) is 0. The smallest absolute Gasteiger partial charge is 0.151 e. The maximum atomic E-state index is 11.6. The summed E-state index contributed by atoms with van der Waals surface area (Å²) in [6, 6.07) is 0. The highest BCUT2D eigenvalue weighted by Gasteiger charge is 2.42. The van der Waals surface area contributed by atoms with Gasteiger partial charge in [-0.25, -0.2) is 8.42 Å². The predicted octanol–water partition coefficient (Wildman–Crippen LogP) is 2.25. The summed E-state index contributed by atoms with van der Waals surface area (Å²) >= 11 is 0. The van der Waals surface area contributed by atoms with Crippen LogP contribution in [0.15, 0.2) is 0 Å². The first-order valence-electron chi connectivity index (χ1n) is 4.94. The highest BCUT2D eigenvalue weighted by Crippen LogP contribution is 2.42. The molecule has 1 saturated carbocycles. The van der Waals surface area contributed by atoms with Crippen molar-refractivity contribution in [2.75, 3.05) is 6.26 Å². The van der Waals surface area contributed by atoms with Gasteiger partial charge in [-0.1, -0.05) is 27.2 Å². The van der Waals surface area contributed by atoms with Crippen molar-refractivity contribution >= 4 is 9.84 Å². The Morgan fingerprint density at radius 1 is 1.31 bits per heavy atom. The average molecular weight is 204 g/mol. The van der Waals surface area contributed by atoms with Crippen molar-refractivity contribution in [3.8, 4) is 0 Å². The molecule has 0 aromatic rings. The maximum absolute atomic E-state index is 11.6. The van der Waals surface area contributed by atoms with E-state index in [1.165, 1.54) is 12.7 Å². The molecule has 0 bridgehead atoms. The van der Waals surface area contributed by atoms with Gasteiger partial charge >= 0.3 is 0 Å². The van der Waals surface area contributed by atoms with Crippen molar-refractivity contribution in [2.24, 2.45) is 11.3 Å². The van der Waals surface area contributed by atoms with Crippen molar-refractivity contribution in [3.63, 3.8) is 0 Å². The molecule has 0 N–H and O–H groups in total. The average Bonchev–Trinajstić information content (AvgIpc) is 1.79. The van der Waals surface area contributed by atoms with Gasteiger partial charge in [0.15, 0.2) is 9.84 Å². The van der Waals surface area contributed by atoms with Gasteiger partial charge in [0.05, 0.1) is 5.25 Å². The zero-order valence-electron chi connectivity index (χ0n) is 9.00. The van der Waals surface area contributed by atoms with Gasteiger partial charge in [-0.2, -0.15) is 0 Å². The molecule has 0 heterocycles. The molecule has 0 aromatic carbocycles. The first kappa shape index (κ1) is 11.0. The van der Waals surface area contributed by atoms with Crippen LogP contribution in [0.3, 0.4) is 0 Å². The molecule has 1 rings (SSSR count). The van der Waals surface area contributed by atoms with Gasteiger partial charge in [0.1, 0.15) is 0 Å². The molecule has 13 heavy (non-hydrogen) atoms. The predicted molar refractivity (Wildman–Crippen MR) is 55.4 cm³/mol. The van der Waals surface area contributed by atoms with Crippen LogP contribution in [-0.2, 0) is 9.84 Å². The van der Waals surface area contributed by atoms with E-state index in [9.17, 15) is 8.42 Å². The van der Waals surface area contributed by atoms with E-state index in [4.69, 9.17) is 0 Å². The lowest BCUT2D eigenvalue weighted by Crippen LogP contribution is -2.43. The van der Waals surface area contributed by atoms with Crippen LogP contribution in [-0.4, -0.2) is 19.9 Å². The molecule has 0 aromatic heterocycles. The van der Waals surface area contributed by atoms with E-state index in [2.05, 4.69) is 20.8 Å². The third kappa shape index (κ3) is 2.25. The molecule has 0 amide bonds. The number of rotatable bonds is 1. The van der Waals surface area contributed by atoms with E-state index in [0.717, 1.165) is 12.8 Å². The molecular weight excluding hydrogens is 184 g/mol. The normalized spacial score (nSPS) is 34.5. The van der Waals surface area contributed by atoms with Gasteiger partial charge < -0.3 is 0 Å². The van der Waals surface area contributed by atoms with E-state index in [0.29, 0.717) is 5.92 Å². The third-order valence-electron chi connectivity index (χ3n) is 3.23. The zero-order chi connectivity index (χ0) is 10.3. The van der Waals surface area contributed by atoms with Crippen LogP contribution in [0.5, 0.6) is 0 Å². The molecule has 1 aliphatic rings. The lowest BCUT2D eigenvalue weighted by molar-refractivity contribution is 0.196. The second-order valence-electron chi connectivity index (χ2n) is 5.11. The topological polar surface area (TPSA) is 34.1 Å². The first-order chi connectivity index (χ1) is 5.75. The molecule has 0 aliphatic heterocycles. The van der Waals surface area contributed by atoms with Gasteiger partial charge in [-0.05, 0) is 24.2 Å². The van der Waals surface area contributed by atoms with Gasteiger partial charge in [-0.15, -0.1) is 0 Å². The fourth-order valence-corrected chi connectivity index (χ4v) is 5.20. The molecule has 1 aliphatic carbocycles. The Labute approximate surface area is 81.6 Å². The minimum atomic E-state index is -2.88.